The number of likely N-dealkylation sites (N-methyl/N-ethyl adjacent to an activating group) is 1. The van der Waals surface area contributed by atoms with Crippen molar-refractivity contribution in [3.05, 3.63) is 35.4 Å². The van der Waals surface area contributed by atoms with Crippen LogP contribution in [0.4, 0.5) is 0 Å². The molecule has 1 heterocycles. The number of ketones is 1. The number of rotatable bonds is 1. The molecule has 1 aromatic rings. The van der Waals surface area contributed by atoms with Crippen LogP contribution in [0.25, 0.3) is 0 Å². The number of likely N-dealkylation sites (tertiary alicyclic amines) is 1. The van der Waals surface area contributed by atoms with Crippen LogP contribution in [0, 0.1) is 6.92 Å². The quantitative estimate of drug-likeness (QED) is 0.673. The Morgan fingerprint density at radius 2 is 2.21 bits per heavy atom. The molecule has 2 rings (SSSR count). The summed E-state index contributed by atoms with van der Waals surface area (Å²) < 4.78 is 0. The molecular formula is C12H15NO. The molecule has 0 amide bonds. The lowest BCUT2D eigenvalue weighted by Gasteiger charge is -2.18. The maximum Gasteiger partial charge on any atom is 0.155 e. The van der Waals surface area contributed by atoms with Crippen molar-refractivity contribution in [2.45, 2.75) is 19.4 Å². The van der Waals surface area contributed by atoms with Crippen LogP contribution in [0.1, 0.15) is 23.6 Å². The van der Waals surface area contributed by atoms with Gasteiger partial charge in [0.2, 0.25) is 0 Å². The van der Waals surface area contributed by atoms with Crippen molar-refractivity contribution < 1.29 is 4.79 Å². The van der Waals surface area contributed by atoms with Crippen molar-refractivity contribution in [3.8, 4) is 0 Å². The summed E-state index contributed by atoms with van der Waals surface area (Å²) in [6.07, 6.45) is 0.690. The normalized spacial score (nSPS) is 23.0. The molecule has 0 bridgehead atoms. The van der Waals surface area contributed by atoms with Crippen LogP contribution in [0.3, 0.4) is 0 Å². The minimum atomic E-state index is -0.00472. The molecule has 0 saturated carbocycles. The molecule has 0 radical (unpaired) electrons. The number of carbonyl (C=O) groups is 1. The fraction of sp³-hybridized carbons (Fsp3) is 0.417. The van der Waals surface area contributed by atoms with Gasteiger partial charge in [-0.1, -0.05) is 29.8 Å². The second-order valence-corrected chi connectivity index (χ2v) is 4.01. The van der Waals surface area contributed by atoms with Gasteiger partial charge in [0.05, 0.1) is 6.04 Å². The zero-order chi connectivity index (χ0) is 10.1. The Labute approximate surface area is 84.5 Å². The van der Waals surface area contributed by atoms with E-state index in [0.717, 1.165) is 12.1 Å². The summed E-state index contributed by atoms with van der Waals surface area (Å²) in [4.78, 5) is 13.8. The van der Waals surface area contributed by atoms with Gasteiger partial charge in [-0.15, -0.1) is 0 Å². The summed E-state index contributed by atoms with van der Waals surface area (Å²) in [7, 11) is 2.01. The first-order chi connectivity index (χ1) is 6.68. The van der Waals surface area contributed by atoms with Crippen LogP contribution in [0.15, 0.2) is 24.3 Å². The lowest BCUT2D eigenvalue weighted by molar-refractivity contribution is -0.119. The second kappa shape index (κ2) is 3.54. The third-order valence-corrected chi connectivity index (χ3v) is 2.81. The zero-order valence-corrected chi connectivity index (χ0v) is 8.66. The van der Waals surface area contributed by atoms with Gasteiger partial charge < -0.3 is 0 Å². The molecule has 0 spiro atoms. The van der Waals surface area contributed by atoms with E-state index in [1.807, 2.05) is 19.2 Å². The highest BCUT2D eigenvalue weighted by Crippen LogP contribution is 2.27. The molecule has 1 aliphatic rings. The number of aryl methyl sites for hydroxylation is 1. The van der Waals surface area contributed by atoms with Gasteiger partial charge in [-0.05, 0) is 19.5 Å². The maximum absolute atomic E-state index is 11.7. The Balaban J connectivity index is 2.34. The van der Waals surface area contributed by atoms with Gasteiger partial charge in [-0.25, -0.2) is 0 Å². The molecule has 2 nitrogen and oxygen atoms in total. The van der Waals surface area contributed by atoms with Gasteiger partial charge in [-0.3, -0.25) is 9.69 Å². The van der Waals surface area contributed by atoms with E-state index in [-0.39, 0.29) is 6.04 Å². The van der Waals surface area contributed by atoms with Crippen molar-refractivity contribution in [2.75, 3.05) is 13.6 Å². The molecule has 1 fully saturated rings. The van der Waals surface area contributed by atoms with Crippen LogP contribution in [-0.2, 0) is 4.79 Å². The van der Waals surface area contributed by atoms with E-state index in [4.69, 9.17) is 0 Å². The Morgan fingerprint density at radius 3 is 2.79 bits per heavy atom. The number of nitrogens with zero attached hydrogens (tertiary/aromatic N) is 1. The van der Waals surface area contributed by atoms with E-state index in [0.29, 0.717) is 12.2 Å². The van der Waals surface area contributed by atoms with Crippen molar-refractivity contribution >= 4 is 5.78 Å². The van der Waals surface area contributed by atoms with Crippen molar-refractivity contribution in [1.29, 1.82) is 0 Å². The van der Waals surface area contributed by atoms with E-state index >= 15 is 0 Å². The van der Waals surface area contributed by atoms with Crippen LogP contribution in [-0.4, -0.2) is 24.3 Å². The van der Waals surface area contributed by atoms with Gasteiger partial charge in [0.25, 0.3) is 0 Å². The second-order valence-electron chi connectivity index (χ2n) is 4.01. The summed E-state index contributed by atoms with van der Waals surface area (Å²) in [5.41, 5.74) is 2.35. The molecular weight excluding hydrogens is 174 g/mol. The van der Waals surface area contributed by atoms with Gasteiger partial charge >= 0.3 is 0 Å². The van der Waals surface area contributed by atoms with E-state index in [2.05, 4.69) is 24.0 Å². The average Bonchev–Trinajstić information content (AvgIpc) is 2.46. The first kappa shape index (κ1) is 9.41. The number of benzene rings is 1. The summed E-state index contributed by atoms with van der Waals surface area (Å²) in [6.45, 7) is 2.94. The van der Waals surface area contributed by atoms with Gasteiger partial charge in [0, 0.05) is 13.0 Å². The molecule has 1 atom stereocenters. The summed E-state index contributed by atoms with van der Waals surface area (Å²) in [5, 5.41) is 0. The molecule has 0 N–H and O–H groups in total. The molecule has 1 unspecified atom stereocenters. The van der Waals surface area contributed by atoms with E-state index in [9.17, 15) is 4.79 Å². The van der Waals surface area contributed by atoms with Crippen LogP contribution < -0.4 is 0 Å². The lowest BCUT2D eigenvalue weighted by Crippen LogP contribution is -2.20. The predicted octanol–water partition coefficient (Wildman–Crippen LogP) is 1.94. The molecule has 0 aromatic heterocycles. The fourth-order valence-corrected chi connectivity index (χ4v) is 2.08. The Morgan fingerprint density at radius 1 is 1.43 bits per heavy atom. The smallest absolute Gasteiger partial charge is 0.155 e. The largest absolute Gasteiger partial charge is 0.297 e. The third-order valence-electron chi connectivity index (χ3n) is 2.81. The molecule has 1 aromatic carbocycles. The summed E-state index contributed by atoms with van der Waals surface area (Å²) in [5.74, 6) is 0.345. The number of hydrogen-bond acceptors (Lipinski definition) is 2. The average molecular weight is 189 g/mol. The molecule has 1 aliphatic heterocycles. The van der Waals surface area contributed by atoms with Crippen LogP contribution in [0.5, 0.6) is 0 Å². The standard InChI is InChI=1S/C12H15NO/c1-9-4-3-5-10(8-9)12-11(14)6-7-13(12)2/h3-5,8,12H,6-7H2,1-2H3. The summed E-state index contributed by atoms with van der Waals surface area (Å²) in [6, 6.07) is 8.21. The minimum Gasteiger partial charge on any atom is -0.297 e. The third kappa shape index (κ3) is 1.58. The van der Waals surface area contributed by atoms with Crippen LogP contribution >= 0.6 is 0 Å². The highest BCUT2D eigenvalue weighted by molar-refractivity contribution is 5.87. The minimum absolute atomic E-state index is 0.00472. The first-order valence-corrected chi connectivity index (χ1v) is 4.98. The number of Topliss-reactive ketones (excluding diaryl/α,β-unsaturated/α-hetero) is 1. The predicted molar refractivity (Wildman–Crippen MR) is 56.2 cm³/mol. The zero-order valence-electron chi connectivity index (χ0n) is 8.66. The van der Waals surface area contributed by atoms with Crippen LogP contribution in [0.2, 0.25) is 0 Å². The fourth-order valence-electron chi connectivity index (χ4n) is 2.08. The SMILES string of the molecule is Cc1cccc(C2C(=O)CCN2C)c1. The molecule has 0 aliphatic carbocycles. The highest BCUT2D eigenvalue weighted by atomic mass is 16.1. The van der Waals surface area contributed by atoms with Gasteiger partial charge in [-0.2, -0.15) is 0 Å². The monoisotopic (exact) mass is 189 g/mol. The maximum atomic E-state index is 11.7. The molecule has 74 valence electrons. The lowest BCUT2D eigenvalue weighted by atomic mass is 10.0. The van der Waals surface area contributed by atoms with Crippen molar-refractivity contribution in [3.63, 3.8) is 0 Å². The molecule has 1 saturated heterocycles. The van der Waals surface area contributed by atoms with Gasteiger partial charge in [0.15, 0.2) is 5.78 Å². The highest BCUT2D eigenvalue weighted by Gasteiger charge is 2.30. The Bertz CT molecular complexity index is 359. The first-order valence-electron chi connectivity index (χ1n) is 4.98. The topological polar surface area (TPSA) is 20.3 Å². The van der Waals surface area contributed by atoms with Gasteiger partial charge in [0.1, 0.15) is 0 Å². The van der Waals surface area contributed by atoms with E-state index < -0.39 is 0 Å². The Kier molecular flexibility index (Phi) is 2.38. The summed E-state index contributed by atoms with van der Waals surface area (Å²) >= 11 is 0. The van der Waals surface area contributed by atoms with Crippen molar-refractivity contribution in [1.82, 2.24) is 4.90 Å². The number of carbonyl (C=O) groups excluding carboxylic acids is 1. The number of hydrogen-bond donors (Lipinski definition) is 0. The molecule has 14 heavy (non-hydrogen) atoms. The van der Waals surface area contributed by atoms with Crippen molar-refractivity contribution in [2.24, 2.45) is 0 Å². The molecule has 2 heteroatoms. The van der Waals surface area contributed by atoms with E-state index in [1.165, 1.54) is 5.56 Å². The van der Waals surface area contributed by atoms with E-state index in [1.54, 1.807) is 0 Å². The Hall–Kier alpha value is -1.15.